The number of ether oxygens (including phenoxy) is 1. The van der Waals surface area contributed by atoms with Crippen LogP contribution in [-0.4, -0.2) is 73.0 Å². The van der Waals surface area contributed by atoms with Crippen molar-refractivity contribution in [1.29, 1.82) is 0 Å². The van der Waals surface area contributed by atoms with E-state index >= 15 is 0 Å². The molecule has 0 saturated carbocycles. The minimum absolute atomic E-state index is 0.0755. The van der Waals surface area contributed by atoms with Gasteiger partial charge in [-0.15, -0.1) is 0 Å². The van der Waals surface area contributed by atoms with Crippen LogP contribution >= 0.6 is 0 Å². The number of piperidine rings is 1. The predicted octanol–water partition coefficient (Wildman–Crippen LogP) is 1.28. The molecule has 0 aromatic carbocycles. The molecule has 1 saturated heterocycles. The molecule has 22 heavy (non-hydrogen) atoms. The fourth-order valence-corrected chi connectivity index (χ4v) is 2.97. The second-order valence-corrected chi connectivity index (χ2v) is 7.79. The zero-order valence-corrected chi connectivity index (χ0v) is 14.8. The molecule has 1 amide bonds. The summed E-state index contributed by atoms with van der Waals surface area (Å²) < 4.78 is 5.41. The van der Waals surface area contributed by atoms with E-state index in [2.05, 4.69) is 0 Å². The number of rotatable bonds is 5. The molecule has 130 valence electrons. The minimum atomic E-state index is -0.471. The molecule has 1 unspecified atom stereocenters. The number of likely N-dealkylation sites (N-methyl/N-ethyl adjacent to an activating group) is 1. The third kappa shape index (κ3) is 6.10. The van der Waals surface area contributed by atoms with Gasteiger partial charge in [-0.1, -0.05) is 0 Å². The Morgan fingerprint density at radius 3 is 2.32 bits per heavy atom. The van der Waals surface area contributed by atoms with Crippen molar-refractivity contribution < 1.29 is 14.6 Å². The fourth-order valence-electron chi connectivity index (χ4n) is 2.97. The van der Waals surface area contributed by atoms with Gasteiger partial charge in [0.1, 0.15) is 5.60 Å². The molecule has 1 aliphatic rings. The quantitative estimate of drug-likeness (QED) is 0.799. The number of carbonyl (C=O) groups excluding carboxylic acids is 1. The molecule has 1 aliphatic heterocycles. The van der Waals surface area contributed by atoms with Crippen LogP contribution in [0.3, 0.4) is 0 Å². The van der Waals surface area contributed by atoms with Gasteiger partial charge in [-0.2, -0.15) is 0 Å². The van der Waals surface area contributed by atoms with E-state index in [-0.39, 0.29) is 17.6 Å². The molecule has 0 spiro atoms. The van der Waals surface area contributed by atoms with Crippen molar-refractivity contribution in [3.05, 3.63) is 0 Å². The van der Waals surface area contributed by atoms with Gasteiger partial charge in [-0.25, -0.2) is 4.79 Å². The number of carbonyl (C=O) groups is 1. The van der Waals surface area contributed by atoms with Crippen LogP contribution in [0.25, 0.3) is 0 Å². The van der Waals surface area contributed by atoms with Crippen molar-refractivity contribution in [1.82, 2.24) is 9.80 Å². The highest BCUT2D eigenvalue weighted by molar-refractivity contribution is 5.68. The average Bonchev–Trinajstić information content (AvgIpc) is 2.36. The maximum absolute atomic E-state index is 12.1. The highest BCUT2D eigenvalue weighted by Crippen LogP contribution is 2.35. The summed E-state index contributed by atoms with van der Waals surface area (Å²) in [7, 11) is 3.90. The van der Waals surface area contributed by atoms with Crippen LogP contribution in [0.15, 0.2) is 0 Å². The van der Waals surface area contributed by atoms with Crippen LogP contribution < -0.4 is 5.73 Å². The molecule has 1 fully saturated rings. The fraction of sp³-hybridized carbons (Fsp3) is 0.938. The van der Waals surface area contributed by atoms with Crippen LogP contribution in [0.1, 0.15) is 40.0 Å². The van der Waals surface area contributed by atoms with Gasteiger partial charge in [0.05, 0.1) is 6.10 Å². The molecule has 6 heteroatoms. The molecule has 1 heterocycles. The first kappa shape index (κ1) is 19.2. The second-order valence-electron chi connectivity index (χ2n) is 7.79. The first-order valence-corrected chi connectivity index (χ1v) is 8.08. The summed E-state index contributed by atoms with van der Waals surface area (Å²) in [6.45, 7) is 8.07. The Bertz CT molecular complexity index is 358. The highest BCUT2D eigenvalue weighted by Gasteiger charge is 2.37. The lowest BCUT2D eigenvalue weighted by Crippen LogP contribution is -2.49. The van der Waals surface area contributed by atoms with E-state index in [1.165, 1.54) is 0 Å². The summed E-state index contributed by atoms with van der Waals surface area (Å²) >= 11 is 0. The number of amides is 1. The lowest BCUT2D eigenvalue weighted by Gasteiger charge is -2.42. The van der Waals surface area contributed by atoms with Crippen molar-refractivity contribution >= 4 is 6.09 Å². The van der Waals surface area contributed by atoms with E-state index < -0.39 is 5.60 Å². The number of hydrogen-bond acceptors (Lipinski definition) is 5. The summed E-state index contributed by atoms with van der Waals surface area (Å²) in [5.41, 5.74) is 5.43. The molecule has 1 atom stereocenters. The second kappa shape index (κ2) is 7.62. The highest BCUT2D eigenvalue weighted by atomic mass is 16.6. The van der Waals surface area contributed by atoms with E-state index in [0.29, 0.717) is 32.6 Å². The van der Waals surface area contributed by atoms with Gasteiger partial charge in [-0.05, 0) is 66.1 Å². The molecule has 0 radical (unpaired) electrons. The van der Waals surface area contributed by atoms with Crippen molar-refractivity contribution in [2.24, 2.45) is 11.1 Å². The average molecular weight is 315 g/mol. The van der Waals surface area contributed by atoms with E-state index in [4.69, 9.17) is 10.5 Å². The Morgan fingerprint density at radius 2 is 1.91 bits per heavy atom. The Kier molecular flexibility index (Phi) is 6.65. The summed E-state index contributed by atoms with van der Waals surface area (Å²) in [6.07, 6.45) is 1.67. The van der Waals surface area contributed by atoms with Gasteiger partial charge < -0.3 is 25.4 Å². The molecule has 0 aromatic rings. The SMILES string of the molecule is CN(C)CC(O)CC1(CN)CCN(C(=O)OC(C)(C)C)CC1. The van der Waals surface area contributed by atoms with Crippen molar-refractivity contribution in [2.45, 2.75) is 51.7 Å². The summed E-state index contributed by atoms with van der Waals surface area (Å²) in [5.74, 6) is 0. The number of aliphatic hydroxyl groups is 1. The summed E-state index contributed by atoms with van der Waals surface area (Å²) in [6, 6.07) is 0. The number of likely N-dealkylation sites (tertiary alicyclic amines) is 1. The normalized spacial score (nSPS) is 20.1. The first-order chi connectivity index (χ1) is 10.1. The third-order valence-corrected chi connectivity index (χ3v) is 4.15. The van der Waals surface area contributed by atoms with Gasteiger partial charge in [-0.3, -0.25) is 0 Å². The van der Waals surface area contributed by atoms with Gasteiger partial charge in [0.15, 0.2) is 0 Å². The smallest absolute Gasteiger partial charge is 0.410 e. The van der Waals surface area contributed by atoms with E-state index in [9.17, 15) is 9.90 Å². The molecule has 1 rings (SSSR count). The van der Waals surface area contributed by atoms with E-state index in [1.54, 1.807) is 4.90 Å². The topological polar surface area (TPSA) is 79.0 Å². The Morgan fingerprint density at radius 1 is 1.36 bits per heavy atom. The standard InChI is InChI=1S/C16H33N3O3/c1-15(2,3)22-14(21)19-8-6-16(12-17,7-9-19)10-13(20)11-18(4)5/h13,20H,6-12,17H2,1-5H3. The zero-order chi connectivity index (χ0) is 17.0. The molecule has 6 nitrogen and oxygen atoms in total. The Balaban J connectivity index is 2.55. The number of nitrogens with zero attached hydrogens (tertiary/aromatic N) is 2. The van der Waals surface area contributed by atoms with Gasteiger partial charge >= 0.3 is 6.09 Å². The lowest BCUT2D eigenvalue weighted by atomic mass is 9.74. The predicted molar refractivity (Wildman–Crippen MR) is 87.7 cm³/mol. The minimum Gasteiger partial charge on any atom is -0.444 e. The van der Waals surface area contributed by atoms with Gasteiger partial charge in [0.2, 0.25) is 0 Å². The summed E-state index contributed by atoms with van der Waals surface area (Å²) in [5, 5.41) is 10.2. The monoisotopic (exact) mass is 315 g/mol. The van der Waals surface area contributed by atoms with Crippen molar-refractivity contribution in [3.63, 3.8) is 0 Å². The van der Waals surface area contributed by atoms with Crippen molar-refractivity contribution in [3.8, 4) is 0 Å². The Labute approximate surface area is 134 Å². The van der Waals surface area contributed by atoms with E-state index in [1.807, 2.05) is 39.8 Å². The van der Waals surface area contributed by atoms with Crippen LogP contribution in [0.2, 0.25) is 0 Å². The molecule has 3 N–H and O–H groups in total. The third-order valence-electron chi connectivity index (χ3n) is 4.15. The maximum atomic E-state index is 12.1. The largest absolute Gasteiger partial charge is 0.444 e. The maximum Gasteiger partial charge on any atom is 0.410 e. The molecule has 0 bridgehead atoms. The van der Waals surface area contributed by atoms with Crippen molar-refractivity contribution in [2.75, 3.05) is 40.3 Å². The molecule has 0 aromatic heterocycles. The van der Waals surface area contributed by atoms with Crippen LogP contribution in [0.5, 0.6) is 0 Å². The molecular formula is C16H33N3O3. The molecule has 0 aliphatic carbocycles. The zero-order valence-electron chi connectivity index (χ0n) is 14.8. The summed E-state index contributed by atoms with van der Waals surface area (Å²) in [4.78, 5) is 15.8. The number of nitrogens with two attached hydrogens (primary N) is 1. The van der Waals surface area contributed by atoms with Gasteiger partial charge in [0, 0.05) is 19.6 Å². The lowest BCUT2D eigenvalue weighted by molar-refractivity contribution is 0.000711. The van der Waals surface area contributed by atoms with Crippen LogP contribution in [0.4, 0.5) is 4.79 Å². The first-order valence-electron chi connectivity index (χ1n) is 8.08. The van der Waals surface area contributed by atoms with Crippen LogP contribution in [0, 0.1) is 5.41 Å². The van der Waals surface area contributed by atoms with Gasteiger partial charge in [0.25, 0.3) is 0 Å². The van der Waals surface area contributed by atoms with E-state index in [0.717, 1.165) is 12.8 Å². The van der Waals surface area contributed by atoms with Crippen LogP contribution in [-0.2, 0) is 4.74 Å². The molecular weight excluding hydrogens is 282 g/mol. The number of hydrogen-bond donors (Lipinski definition) is 2. The Hall–Kier alpha value is -0.850. The number of aliphatic hydroxyl groups excluding tert-OH is 1.